The highest BCUT2D eigenvalue weighted by Crippen LogP contribution is 2.49. The van der Waals surface area contributed by atoms with Gasteiger partial charge in [0.15, 0.2) is 22.8 Å². The summed E-state index contributed by atoms with van der Waals surface area (Å²) in [7, 11) is 0. The van der Waals surface area contributed by atoms with Gasteiger partial charge in [0, 0.05) is 12.1 Å². The van der Waals surface area contributed by atoms with Crippen molar-refractivity contribution in [1.82, 2.24) is 19.9 Å². The van der Waals surface area contributed by atoms with Crippen LogP contribution >= 0.6 is 0 Å². The fourth-order valence-corrected chi connectivity index (χ4v) is 5.13. The van der Waals surface area contributed by atoms with Gasteiger partial charge in [-0.2, -0.15) is 18.3 Å². The number of nitrogens with zero attached hydrogens (tertiary/aromatic N) is 3. The molecule has 30 heavy (non-hydrogen) atoms. The second-order valence-electron chi connectivity index (χ2n) is 8.40. The van der Waals surface area contributed by atoms with Gasteiger partial charge in [-0.05, 0) is 62.1 Å². The van der Waals surface area contributed by atoms with Crippen molar-refractivity contribution in [2.24, 2.45) is 17.8 Å². The second kappa shape index (κ2) is 6.85. The largest absolute Gasteiger partial charge is 0.463 e. The van der Waals surface area contributed by atoms with E-state index in [1.54, 1.807) is 6.07 Å². The van der Waals surface area contributed by atoms with Crippen LogP contribution in [-0.2, 0) is 6.18 Å². The Labute approximate surface area is 170 Å². The van der Waals surface area contributed by atoms with Crippen LogP contribution in [0.5, 0.6) is 0 Å². The Balaban J connectivity index is 1.45. The minimum Gasteiger partial charge on any atom is -0.463 e. The summed E-state index contributed by atoms with van der Waals surface area (Å²) in [6.45, 7) is 1.97. The van der Waals surface area contributed by atoms with Gasteiger partial charge >= 0.3 is 6.18 Å². The third kappa shape index (κ3) is 3.26. The van der Waals surface area contributed by atoms with E-state index in [-0.39, 0.29) is 28.8 Å². The van der Waals surface area contributed by atoms with Crippen molar-refractivity contribution in [1.29, 1.82) is 0 Å². The highest BCUT2D eigenvalue weighted by atomic mass is 19.4. The normalized spacial score (nSPS) is 24.5. The summed E-state index contributed by atoms with van der Waals surface area (Å²) in [6.07, 6.45) is 1.47. The van der Waals surface area contributed by atoms with Gasteiger partial charge < -0.3 is 9.73 Å². The summed E-state index contributed by atoms with van der Waals surface area (Å²) in [6, 6.07) is 5.20. The molecule has 0 saturated heterocycles. The number of carbonyl (C=O) groups is 1. The quantitative estimate of drug-likeness (QED) is 0.674. The van der Waals surface area contributed by atoms with Gasteiger partial charge in [0.2, 0.25) is 0 Å². The molecule has 9 heteroatoms. The molecular weight excluding hydrogens is 397 g/mol. The molecule has 6 nitrogen and oxygen atoms in total. The molecule has 4 atom stereocenters. The molecule has 0 aromatic carbocycles. The van der Waals surface area contributed by atoms with Crippen LogP contribution in [0.15, 0.2) is 34.9 Å². The van der Waals surface area contributed by atoms with Crippen LogP contribution in [0, 0.1) is 17.8 Å². The van der Waals surface area contributed by atoms with Crippen molar-refractivity contribution < 1.29 is 22.4 Å². The smallest absolute Gasteiger partial charge is 0.433 e. The Morgan fingerprint density at radius 3 is 2.77 bits per heavy atom. The molecule has 2 fully saturated rings. The van der Waals surface area contributed by atoms with E-state index in [1.165, 1.54) is 37.7 Å². The van der Waals surface area contributed by atoms with E-state index in [1.807, 2.05) is 6.92 Å². The Bertz CT molecular complexity index is 1090. The fourth-order valence-electron chi connectivity index (χ4n) is 5.13. The van der Waals surface area contributed by atoms with Crippen LogP contribution in [0.1, 0.15) is 48.8 Å². The molecule has 3 aromatic heterocycles. The summed E-state index contributed by atoms with van der Waals surface area (Å²) in [5, 5.41) is 6.86. The number of aromatic nitrogens is 3. The first-order valence-electron chi connectivity index (χ1n) is 10.1. The molecule has 0 aliphatic heterocycles. The van der Waals surface area contributed by atoms with E-state index >= 15 is 0 Å². The van der Waals surface area contributed by atoms with E-state index < -0.39 is 17.8 Å². The van der Waals surface area contributed by atoms with Gasteiger partial charge in [0.05, 0.1) is 6.26 Å². The lowest BCUT2D eigenvalue weighted by molar-refractivity contribution is -0.142. The van der Waals surface area contributed by atoms with E-state index in [4.69, 9.17) is 4.42 Å². The average molecular weight is 418 g/mol. The standard InChI is InChI=1S/C21H21F3N4O2/c1-11(14-8-12-4-5-13(14)7-12)25-20(29)16-10-19-26-15(17-3-2-6-30-17)9-18(21(22,23)24)28(19)27-16/h2-3,6,9-14H,4-5,7-8H2,1H3,(H,25,29)/t11-,12-,13-,14-/m1/s1. The molecule has 158 valence electrons. The third-order valence-electron chi connectivity index (χ3n) is 6.52. The maximum absolute atomic E-state index is 13.6. The molecule has 3 heterocycles. The van der Waals surface area contributed by atoms with Gasteiger partial charge in [-0.25, -0.2) is 9.50 Å². The Morgan fingerprint density at radius 1 is 1.30 bits per heavy atom. The number of hydrogen-bond acceptors (Lipinski definition) is 4. The number of fused-ring (bicyclic) bond motifs is 3. The molecule has 0 spiro atoms. The zero-order valence-electron chi connectivity index (χ0n) is 16.3. The van der Waals surface area contributed by atoms with E-state index in [0.717, 1.165) is 18.4 Å². The summed E-state index contributed by atoms with van der Waals surface area (Å²) in [5.41, 5.74) is -1.13. The minimum atomic E-state index is -4.67. The Kier molecular flexibility index (Phi) is 4.37. The van der Waals surface area contributed by atoms with Gasteiger partial charge in [-0.3, -0.25) is 4.79 Å². The molecule has 1 N–H and O–H groups in total. The number of nitrogens with one attached hydrogen (secondary N) is 1. The average Bonchev–Trinajstić information content (AvgIpc) is 3.49. The first-order chi connectivity index (χ1) is 14.3. The lowest BCUT2D eigenvalue weighted by Gasteiger charge is -2.28. The van der Waals surface area contributed by atoms with Crippen molar-refractivity contribution in [3.63, 3.8) is 0 Å². The van der Waals surface area contributed by atoms with E-state index in [2.05, 4.69) is 15.4 Å². The maximum Gasteiger partial charge on any atom is 0.433 e. The van der Waals surface area contributed by atoms with Crippen LogP contribution in [0.4, 0.5) is 13.2 Å². The lowest BCUT2D eigenvalue weighted by Crippen LogP contribution is -2.40. The fraction of sp³-hybridized carbons (Fsp3) is 0.476. The van der Waals surface area contributed by atoms with Crippen molar-refractivity contribution >= 4 is 11.6 Å². The Morgan fingerprint density at radius 2 is 2.13 bits per heavy atom. The summed E-state index contributed by atoms with van der Waals surface area (Å²) >= 11 is 0. The molecule has 0 radical (unpaired) electrons. The minimum absolute atomic E-state index is 0.0297. The van der Waals surface area contributed by atoms with Crippen LogP contribution in [0.25, 0.3) is 17.1 Å². The van der Waals surface area contributed by atoms with E-state index in [9.17, 15) is 18.0 Å². The Hall–Kier alpha value is -2.84. The van der Waals surface area contributed by atoms with Gasteiger partial charge in [0.25, 0.3) is 5.91 Å². The number of amides is 1. The second-order valence-corrected chi connectivity index (χ2v) is 8.40. The van der Waals surface area contributed by atoms with Crippen molar-refractivity contribution in [3.8, 4) is 11.5 Å². The molecular formula is C21H21F3N4O2. The highest BCUT2D eigenvalue weighted by Gasteiger charge is 2.42. The van der Waals surface area contributed by atoms with Gasteiger partial charge in [0.1, 0.15) is 5.69 Å². The predicted molar refractivity (Wildman–Crippen MR) is 102 cm³/mol. The van der Waals surface area contributed by atoms with Crippen LogP contribution in [0.3, 0.4) is 0 Å². The number of hydrogen-bond donors (Lipinski definition) is 1. The van der Waals surface area contributed by atoms with Crippen LogP contribution < -0.4 is 5.32 Å². The molecule has 2 aliphatic carbocycles. The monoisotopic (exact) mass is 418 g/mol. The predicted octanol–water partition coefficient (Wildman–Crippen LogP) is 4.56. The maximum atomic E-state index is 13.6. The number of rotatable bonds is 4. The van der Waals surface area contributed by atoms with Crippen molar-refractivity contribution in [2.45, 2.75) is 44.8 Å². The zero-order valence-corrected chi connectivity index (χ0v) is 16.3. The van der Waals surface area contributed by atoms with Crippen molar-refractivity contribution in [2.75, 3.05) is 0 Å². The number of halogens is 3. The first-order valence-corrected chi connectivity index (χ1v) is 10.1. The van der Waals surface area contributed by atoms with Crippen LogP contribution in [-0.4, -0.2) is 26.5 Å². The summed E-state index contributed by atoms with van der Waals surface area (Å²) in [5.74, 6) is 1.51. The zero-order chi connectivity index (χ0) is 21.0. The first kappa shape index (κ1) is 19.1. The molecule has 3 aromatic rings. The van der Waals surface area contributed by atoms with Crippen molar-refractivity contribution in [3.05, 3.63) is 41.9 Å². The molecule has 2 bridgehead atoms. The molecule has 1 amide bonds. The molecule has 2 saturated carbocycles. The van der Waals surface area contributed by atoms with E-state index in [0.29, 0.717) is 16.4 Å². The molecule has 5 rings (SSSR count). The number of carbonyl (C=O) groups excluding carboxylic acids is 1. The SMILES string of the molecule is C[C@@H](NC(=O)c1cc2nc(-c3ccco3)cc(C(F)(F)F)n2n1)[C@H]1C[C@@H]2CC[C@@H]1C2. The summed E-state index contributed by atoms with van der Waals surface area (Å²) in [4.78, 5) is 17.0. The molecule has 0 unspecified atom stereocenters. The number of furan rings is 1. The number of alkyl halides is 3. The highest BCUT2D eigenvalue weighted by molar-refractivity contribution is 5.93. The lowest BCUT2D eigenvalue weighted by atomic mass is 9.84. The van der Waals surface area contributed by atoms with Gasteiger partial charge in [-0.15, -0.1) is 0 Å². The van der Waals surface area contributed by atoms with Crippen LogP contribution in [0.2, 0.25) is 0 Å². The topological polar surface area (TPSA) is 72.4 Å². The summed E-state index contributed by atoms with van der Waals surface area (Å²) < 4.78 is 46.7. The van der Waals surface area contributed by atoms with Gasteiger partial charge in [-0.1, -0.05) is 6.42 Å². The third-order valence-corrected chi connectivity index (χ3v) is 6.52. The molecule has 2 aliphatic rings.